The van der Waals surface area contributed by atoms with E-state index in [1.165, 1.54) is 16.5 Å². The number of hydrogen-bond acceptors (Lipinski definition) is 4. The van der Waals surface area contributed by atoms with Crippen LogP contribution >= 0.6 is 11.6 Å². The lowest BCUT2D eigenvalue weighted by Gasteiger charge is -2.36. The Labute approximate surface area is 264 Å². The normalized spacial score (nSPS) is 17.7. The fourth-order valence-electron chi connectivity index (χ4n) is 6.34. The molecule has 1 unspecified atom stereocenters. The van der Waals surface area contributed by atoms with Gasteiger partial charge < -0.3 is 4.74 Å². The van der Waals surface area contributed by atoms with Gasteiger partial charge in [0.05, 0.1) is 11.2 Å². The van der Waals surface area contributed by atoms with Crippen molar-refractivity contribution in [1.82, 2.24) is 4.98 Å². The van der Waals surface area contributed by atoms with Gasteiger partial charge in [0, 0.05) is 22.5 Å². The number of fused-ring (bicyclic) bond motifs is 1. The molecule has 0 aliphatic heterocycles. The Morgan fingerprint density at radius 1 is 0.955 bits per heavy atom. The minimum absolute atomic E-state index is 0.0478. The van der Waals surface area contributed by atoms with Gasteiger partial charge in [0.1, 0.15) is 11.4 Å². The molecule has 7 heteroatoms. The van der Waals surface area contributed by atoms with Gasteiger partial charge in [0.25, 0.3) is 0 Å². The zero-order chi connectivity index (χ0) is 31.4. The number of rotatable bonds is 7. The predicted molar refractivity (Wildman–Crippen MR) is 175 cm³/mol. The topological polar surface area (TPSA) is 59.5 Å². The summed E-state index contributed by atoms with van der Waals surface area (Å²) >= 11 is 6.16. The van der Waals surface area contributed by atoms with E-state index in [0.29, 0.717) is 17.1 Å². The second-order valence-electron chi connectivity index (χ2n) is 12.8. The molecule has 1 aliphatic carbocycles. The van der Waals surface area contributed by atoms with E-state index in [4.69, 9.17) is 16.3 Å². The van der Waals surface area contributed by atoms with Crippen LogP contribution in [0.4, 0.5) is 14.9 Å². The Morgan fingerprint density at radius 2 is 1.61 bits per heavy atom. The average Bonchev–Trinajstić information content (AvgIpc) is 3.00. The van der Waals surface area contributed by atoms with Crippen molar-refractivity contribution in [2.75, 3.05) is 4.90 Å². The predicted octanol–water partition coefficient (Wildman–Crippen LogP) is 9.69. The van der Waals surface area contributed by atoms with Crippen molar-refractivity contribution in [3.05, 3.63) is 107 Å². The zero-order valence-electron chi connectivity index (χ0n) is 25.9. The summed E-state index contributed by atoms with van der Waals surface area (Å²) in [4.78, 5) is 33.8. The Kier molecular flexibility index (Phi) is 9.69. The molecule has 1 atom stereocenters. The van der Waals surface area contributed by atoms with Gasteiger partial charge in [-0.05, 0) is 136 Å². The lowest BCUT2D eigenvalue weighted by Crippen LogP contribution is -2.46. The molecule has 0 bridgehead atoms. The first-order chi connectivity index (χ1) is 21.0. The first-order valence-electron chi connectivity index (χ1n) is 15.5. The highest BCUT2D eigenvalue weighted by Crippen LogP contribution is 2.42. The largest absolute Gasteiger partial charge is 0.443 e. The molecule has 230 valence electrons. The van der Waals surface area contributed by atoms with Gasteiger partial charge in [-0.15, -0.1) is 0 Å². The van der Waals surface area contributed by atoms with E-state index in [9.17, 15) is 14.0 Å². The molecular weight excluding hydrogens is 575 g/mol. The maximum absolute atomic E-state index is 14.6. The van der Waals surface area contributed by atoms with Crippen LogP contribution < -0.4 is 4.90 Å². The van der Waals surface area contributed by atoms with E-state index >= 15 is 0 Å². The number of halogens is 2. The maximum atomic E-state index is 14.6. The number of aromatic nitrogens is 1. The third-order valence-electron chi connectivity index (χ3n) is 8.60. The zero-order valence-corrected chi connectivity index (χ0v) is 26.6. The van der Waals surface area contributed by atoms with E-state index in [0.717, 1.165) is 54.1 Å². The van der Waals surface area contributed by atoms with Gasteiger partial charge in [0.2, 0.25) is 5.91 Å². The van der Waals surface area contributed by atoms with Crippen LogP contribution in [0.5, 0.6) is 0 Å². The number of amides is 2. The summed E-state index contributed by atoms with van der Waals surface area (Å²) in [5, 5.41) is 1.36. The van der Waals surface area contributed by atoms with Crippen LogP contribution in [0.1, 0.15) is 76.0 Å². The molecule has 1 fully saturated rings. The summed E-state index contributed by atoms with van der Waals surface area (Å²) in [5.41, 5.74) is 3.82. The summed E-state index contributed by atoms with van der Waals surface area (Å²) < 4.78 is 19.9. The van der Waals surface area contributed by atoms with Gasteiger partial charge in [-0.2, -0.15) is 0 Å². The molecule has 0 radical (unpaired) electrons. The fraction of sp³-hybridized carbons (Fsp3) is 0.378. The summed E-state index contributed by atoms with van der Waals surface area (Å²) in [6, 6.07) is 21.8. The number of aryl methyl sites for hydroxylation is 1. The Hall–Kier alpha value is -3.77. The SMILES string of the molecule is CCc1ccc(CC(C(=O)N(C(=O)OC(C)(C)C)c2ccc(Cl)cc2)C2CCC(c3ccnc4ccc(F)cc34)CC2)cc1. The minimum Gasteiger partial charge on any atom is -0.443 e. The molecule has 4 aromatic rings. The Bertz CT molecular complexity index is 1610. The summed E-state index contributed by atoms with van der Waals surface area (Å²) in [5.74, 6) is -0.716. The number of pyridine rings is 1. The Morgan fingerprint density at radius 3 is 2.25 bits per heavy atom. The van der Waals surface area contributed by atoms with Crippen LogP contribution in [0, 0.1) is 17.7 Å². The highest BCUT2D eigenvalue weighted by atomic mass is 35.5. The third-order valence-corrected chi connectivity index (χ3v) is 8.86. The monoisotopic (exact) mass is 614 g/mol. The van der Waals surface area contributed by atoms with Crippen LogP contribution in [0.15, 0.2) is 79.0 Å². The first kappa shape index (κ1) is 31.6. The minimum atomic E-state index is -0.779. The van der Waals surface area contributed by atoms with Crippen LogP contribution in [-0.2, 0) is 22.4 Å². The van der Waals surface area contributed by atoms with Gasteiger partial charge in [-0.1, -0.05) is 42.8 Å². The van der Waals surface area contributed by atoms with Crippen LogP contribution in [0.25, 0.3) is 10.9 Å². The number of carbonyl (C=O) groups is 2. The van der Waals surface area contributed by atoms with Gasteiger partial charge in [-0.25, -0.2) is 14.1 Å². The molecule has 3 aromatic carbocycles. The number of imide groups is 1. The standard InChI is InChI=1S/C37H40ClFN2O3/c1-5-24-6-8-25(9-7-24)22-32(35(42)41(36(43)44-37(2,3)4)30-17-14-28(38)15-18-30)27-12-10-26(11-13-27)31-20-21-40-34-19-16-29(39)23-33(31)34/h6-9,14-21,23,26-27,32H,5,10-13,22H2,1-4H3. The smallest absolute Gasteiger partial charge is 0.421 e. The van der Waals surface area contributed by atoms with Crippen molar-refractivity contribution in [2.24, 2.45) is 11.8 Å². The number of hydrogen-bond donors (Lipinski definition) is 0. The van der Waals surface area contributed by atoms with Crippen molar-refractivity contribution < 1.29 is 18.7 Å². The third kappa shape index (κ3) is 7.47. The maximum Gasteiger partial charge on any atom is 0.421 e. The molecule has 0 spiro atoms. The van der Waals surface area contributed by atoms with Crippen molar-refractivity contribution in [3.63, 3.8) is 0 Å². The number of benzene rings is 3. The quantitative estimate of drug-likeness (QED) is 0.208. The molecule has 5 rings (SSSR count). The number of anilines is 1. The molecule has 1 aromatic heterocycles. The summed E-state index contributed by atoms with van der Waals surface area (Å²) in [6.07, 6.45) is 5.84. The van der Waals surface area contributed by atoms with Gasteiger partial charge >= 0.3 is 6.09 Å². The first-order valence-corrected chi connectivity index (χ1v) is 15.8. The van der Waals surface area contributed by atoms with Crippen molar-refractivity contribution in [1.29, 1.82) is 0 Å². The highest BCUT2D eigenvalue weighted by Gasteiger charge is 2.39. The second-order valence-corrected chi connectivity index (χ2v) is 13.2. The molecule has 1 aliphatic rings. The lowest BCUT2D eigenvalue weighted by atomic mass is 9.71. The molecule has 0 saturated heterocycles. The molecule has 2 amide bonds. The van der Waals surface area contributed by atoms with Crippen LogP contribution in [-0.4, -0.2) is 22.6 Å². The van der Waals surface area contributed by atoms with Gasteiger partial charge in [-0.3, -0.25) is 9.78 Å². The van der Waals surface area contributed by atoms with E-state index in [-0.39, 0.29) is 23.6 Å². The fourth-order valence-corrected chi connectivity index (χ4v) is 6.46. The highest BCUT2D eigenvalue weighted by molar-refractivity contribution is 6.30. The van der Waals surface area contributed by atoms with Crippen molar-refractivity contribution in [3.8, 4) is 0 Å². The number of ether oxygens (including phenoxy) is 1. The molecule has 0 N–H and O–H groups in total. The lowest BCUT2D eigenvalue weighted by molar-refractivity contribution is -0.124. The van der Waals surface area contributed by atoms with E-state index in [1.54, 1.807) is 63.4 Å². The molecule has 1 heterocycles. The van der Waals surface area contributed by atoms with E-state index in [1.807, 2.05) is 6.07 Å². The van der Waals surface area contributed by atoms with Gasteiger partial charge in [0.15, 0.2) is 0 Å². The molecule has 1 saturated carbocycles. The second kappa shape index (κ2) is 13.5. The van der Waals surface area contributed by atoms with Crippen LogP contribution in [0.3, 0.4) is 0 Å². The van der Waals surface area contributed by atoms with Crippen molar-refractivity contribution in [2.45, 2.75) is 77.7 Å². The number of nitrogens with zero attached hydrogens (tertiary/aromatic N) is 2. The van der Waals surface area contributed by atoms with Crippen LogP contribution in [0.2, 0.25) is 5.02 Å². The molecule has 44 heavy (non-hydrogen) atoms. The van der Waals surface area contributed by atoms with E-state index in [2.05, 4.69) is 36.2 Å². The molecular formula is C37H40ClFN2O3. The summed E-state index contributed by atoms with van der Waals surface area (Å²) in [7, 11) is 0. The molecule has 5 nitrogen and oxygen atoms in total. The summed E-state index contributed by atoms with van der Waals surface area (Å²) in [6.45, 7) is 7.49. The van der Waals surface area contributed by atoms with Crippen molar-refractivity contribution >= 4 is 40.2 Å². The Balaban J connectivity index is 1.46. The number of carbonyl (C=O) groups excluding carboxylic acids is 2. The van der Waals surface area contributed by atoms with E-state index < -0.39 is 17.6 Å². The average molecular weight is 615 g/mol.